The van der Waals surface area contributed by atoms with E-state index < -0.39 is 0 Å². The third kappa shape index (κ3) is 3.18. The van der Waals surface area contributed by atoms with Crippen LogP contribution in [0.25, 0.3) is 0 Å². The Bertz CT molecular complexity index is 427. The maximum Gasteiger partial charge on any atom is 0.125 e. The Balaban J connectivity index is 3.09. The maximum absolute atomic E-state index is 6.38. The van der Waals surface area contributed by atoms with Crippen LogP contribution in [0.2, 0.25) is 5.02 Å². The molecule has 0 spiro atoms. The molecule has 2 N–H and O–H groups in total. The van der Waals surface area contributed by atoms with Gasteiger partial charge in [0.15, 0.2) is 0 Å². The first-order valence-corrected chi connectivity index (χ1v) is 6.85. The van der Waals surface area contributed by atoms with Crippen molar-refractivity contribution in [2.24, 2.45) is 5.73 Å². The van der Waals surface area contributed by atoms with Crippen LogP contribution in [0.5, 0.6) is 5.75 Å². The van der Waals surface area contributed by atoms with Gasteiger partial charge in [-0.2, -0.15) is 0 Å². The van der Waals surface area contributed by atoms with E-state index in [1.165, 1.54) is 5.56 Å². The lowest BCUT2D eigenvalue weighted by atomic mass is 9.94. The molecular formula is C15H24ClNO. The van der Waals surface area contributed by atoms with Crippen molar-refractivity contribution in [1.29, 1.82) is 0 Å². The van der Waals surface area contributed by atoms with Crippen LogP contribution in [-0.4, -0.2) is 13.2 Å². The molecule has 0 heterocycles. The van der Waals surface area contributed by atoms with E-state index in [9.17, 15) is 0 Å². The lowest BCUT2D eigenvalue weighted by Crippen LogP contribution is -2.14. The van der Waals surface area contributed by atoms with Gasteiger partial charge in [0.1, 0.15) is 5.75 Å². The molecule has 1 aromatic rings. The molecule has 0 bridgehead atoms. The molecule has 0 saturated carbocycles. The summed E-state index contributed by atoms with van der Waals surface area (Å²) in [5.41, 5.74) is 10.4. The second-order valence-corrected chi connectivity index (χ2v) is 5.45. The predicted octanol–water partition coefficient (Wildman–Crippen LogP) is 3.94. The summed E-state index contributed by atoms with van der Waals surface area (Å²) < 4.78 is 5.56. The summed E-state index contributed by atoms with van der Waals surface area (Å²) >= 11 is 6.38. The minimum absolute atomic E-state index is 0.248. The fraction of sp³-hybridized carbons (Fsp3) is 0.600. The molecule has 18 heavy (non-hydrogen) atoms. The summed E-state index contributed by atoms with van der Waals surface area (Å²) in [6.07, 6.45) is 3.05. The first-order chi connectivity index (χ1) is 8.40. The van der Waals surface area contributed by atoms with Gasteiger partial charge in [-0.15, -0.1) is 0 Å². The van der Waals surface area contributed by atoms with Crippen LogP contribution in [0.15, 0.2) is 0 Å². The number of nitrogens with two attached hydrogens (primary N) is 1. The Morgan fingerprint density at radius 3 is 2.28 bits per heavy atom. The average Bonchev–Trinajstić information content (AvgIpc) is 2.33. The van der Waals surface area contributed by atoms with Gasteiger partial charge in [-0.3, -0.25) is 0 Å². The van der Waals surface area contributed by atoms with Gasteiger partial charge in [0.05, 0.1) is 7.11 Å². The topological polar surface area (TPSA) is 35.2 Å². The van der Waals surface area contributed by atoms with E-state index in [1.807, 2.05) is 13.8 Å². The molecule has 0 aliphatic rings. The van der Waals surface area contributed by atoms with E-state index in [1.54, 1.807) is 7.11 Å². The molecule has 0 fully saturated rings. The standard InChI is InChI=1S/C15H24ClNO/c1-9(17)7-6-8-13-12(4)14(16)10(2)11(3)15(13)18-5/h9H,6-8,17H2,1-5H3. The molecule has 1 rings (SSSR count). The largest absolute Gasteiger partial charge is 0.496 e. The van der Waals surface area contributed by atoms with Crippen LogP contribution in [0.3, 0.4) is 0 Å². The Labute approximate surface area is 115 Å². The Morgan fingerprint density at radius 1 is 1.17 bits per heavy atom. The van der Waals surface area contributed by atoms with Crippen LogP contribution in [-0.2, 0) is 6.42 Å². The van der Waals surface area contributed by atoms with Crippen LogP contribution < -0.4 is 10.5 Å². The van der Waals surface area contributed by atoms with E-state index in [2.05, 4.69) is 13.8 Å². The van der Waals surface area contributed by atoms with Crippen molar-refractivity contribution in [2.75, 3.05) is 7.11 Å². The van der Waals surface area contributed by atoms with Crippen LogP contribution in [0.4, 0.5) is 0 Å². The molecule has 2 nitrogen and oxygen atoms in total. The minimum Gasteiger partial charge on any atom is -0.496 e. The normalized spacial score (nSPS) is 12.6. The number of hydrogen-bond acceptors (Lipinski definition) is 2. The maximum atomic E-state index is 6.38. The summed E-state index contributed by atoms with van der Waals surface area (Å²) in [4.78, 5) is 0. The molecule has 0 aliphatic carbocycles. The number of ether oxygens (including phenoxy) is 1. The molecule has 3 heteroatoms. The summed E-state index contributed by atoms with van der Waals surface area (Å²) in [7, 11) is 1.73. The van der Waals surface area contributed by atoms with Crippen molar-refractivity contribution in [3.8, 4) is 5.75 Å². The predicted molar refractivity (Wildman–Crippen MR) is 78.8 cm³/mol. The SMILES string of the molecule is COc1c(C)c(C)c(Cl)c(C)c1CCCC(C)N. The second kappa shape index (κ2) is 6.44. The van der Waals surface area contributed by atoms with Gasteiger partial charge in [-0.25, -0.2) is 0 Å². The van der Waals surface area contributed by atoms with Gasteiger partial charge in [-0.05, 0) is 69.2 Å². The quantitative estimate of drug-likeness (QED) is 0.879. The zero-order valence-electron chi connectivity index (χ0n) is 12.1. The van der Waals surface area contributed by atoms with Gasteiger partial charge < -0.3 is 10.5 Å². The summed E-state index contributed by atoms with van der Waals surface area (Å²) in [5.74, 6) is 0.985. The third-order valence-corrected chi connectivity index (χ3v) is 4.15. The number of methoxy groups -OCH3 is 1. The molecule has 0 radical (unpaired) electrons. The fourth-order valence-electron chi connectivity index (χ4n) is 2.32. The number of rotatable bonds is 5. The van der Waals surface area contributed by atoms with Gasteiger partial charge >= 0.3 is 0 Å². The van der Waals surface area contributed by atoms with Crippen molar-refractivity contribution in [1.82, 2.24) is 0 Å². The zero-order chi connectivity index (χ0) is 13.9. The lowest BCUT2D eigenvalue weighted by Gasteiger charge is -2.19. The van der Waals surface area contributed by atoms with Crippen LogP contribution in [0.1, 0.15) is 42.0 Å². The van der Waals surface area contributed by atoms with Gasteiger partial charge in [-0.1, -0.05) is 11.6 Å². The Morgan fingerprint density at radius 2 is 1.78 bits per heavy atom. The summed E-state index contributed by atoms with van der Waals surface area (Å²) in [6.45, 7) is 8.21. The molecule has 1 unspecified atom stereocenters. The Hall–Kier alpha value is -0.730. The van der Waals surface area contributed by atoms with Gasteiger partial charge in [0, 0.05) is 11.1 Å². The average molecular weight is 270 g/mol. The fourth-order valence-corrected chi connectivity index (χ4v) is 2.58. The monoisotopic (exact) mass is 269 g/mol. The van der Waals surface area contributed by atoms with E-state index in [-0.39, 0.29) is 6.04 Å². The highest BCUT2D eigenvalue weighted by atomic mass is 35.5. The number of halogens is 1. The smallest absolute Gasteiger partial charge is 0.125 e. The van der Waals surface area contributed by atoms with Crippen LogP contribution in [0, 0.1) is 20.8 Å². The van der Waals surface area contributed by atoms with Gasteiger partial charge in [0.25, 0.3) is 0 Å². The molecule has 0 saturated heterocycles. The number of benzene rings is 1. The molecule has 1 aromatic carbocycles. The number of hydrogen-bond donors (Lipinski definition) is 1. The van der Waals surface area contributed by atoms with Crippen molar-refractivity contribution < 1.29 is 4.74 Å². The molecule has 0 aromatic heterocycles. The second-order valence-electron chi connectivity index (χ2n) is 5.07. The lowest BCUT2D eigenvalue weighted by molar-refractivity contribution is 0.404. The van der Waals surface area contributed by atoms with Crippen molar-refractivity contribution in [2.45, 2.75) is 53.0 Å². The van der Waals surface area contributed by atoms with Crippen molar-refractivity contribution in [3.05, 3.63) is 27.3 Å². The summed E-state index contributed by atoms with van der Waals surface area (Å²) in [5, 5.41) is 0.865. The first-order valence-electron chi connectivity index (χ1n) is 6.47. The highest BCUT2D eigenvalue weighted by molar-refractivity contribution is 6.32. The van der Waals surface area contributed by atoms with Crippen molar-refractivity contribution in [3.63, 3.8) is 0 Å². The van der Waals surface area contributed by atoms with E-state index in [0.717, 1.165) is 46.7 Å². The van der Waals surface area contributed by atoms with Crippen LogP contribution >= 0.6 is 11.6 Å². The first kappa shape index (κ1) is 15.3. The molecule has 0 aliphatic heterocycles. The summed E-state index contributed by atoms with van der Waals surface area (Å²) in [6, 6.07) is 0.248. The van der Waals surface area contributed by atoms with Gasteiger partial charge in [0.2, 0.25) is 0 Å². The highest BCUT2D eigenvalue weighted by Gasteiger charge is 2.16. The molecule has 102 valence electrons. The van der Waals surface area contributed by atoms with E-state index in [4.69, 9.17) is 22.1 Å². The zero-order valence-corrected chi connectivity index (χ0v) is 12.8. The Kier molecular flexibility index (Phi) is 5.48. The van der Waals surface area contributed by atoms with Crippen molar-refractivity contribution >= 4 is 11.6 Å². The molecule has 1 atom stereocenters. The van der Waals surface area contributed by atoms with E-state index >= 15 is 0 Å². The minimum atomic E-state index is 0.248. The third-order valence-electron chi connectivity index (χ3n) is 3.58. The molecule has 0 amide bonds. The molecular weight excluding hydrogens is 246 g/mol. The van der Waals surface area contributed by atoms with E-state index in [0.29, 0.717) is 0 Å². The highest BCUT2D eigenvalue weighted by Crippen LogP contribution is 2.36.